The van der Waals surface area contributed by atoms with Crippen molar-refractivity contribution >= 4 is 22.9 Å². The molecule has 2 saturated carbocycles. The summed E-state index contributed by atoms with van der Waals surface area (Å²) in [5.74, 6) is 2.32. The number of anilines is 2. The molecule has 1 aromatic carbocycles. The molecule has 2 aliphatic carbocycles. The summed E-state index contributed by atoms with van der Waals surface area (Å²) in [6.07, 6.45) is 7.68. The van der Waals surface area contributed by atoms with Crippen molar-refractivity contribution < 1.29 is 4.79 Å². The van der Waals surface area contributed by atoms with Crippen LogP contribution in [-0.4, -0.2) is 37.6 Å². The van der Waals surface area contributed by atoms with E-state index in [1.807, 2.05) is 72.4 Å². The van der Waals surface area contributed by atoms with Gasteiger partial charge in [0.15, 0.2) is 5.82 Å². The van der Waals surface area contributed by atoms with E-state index < -0.39 is 0 Å². The molecule has 32 heavy (non-hydrogen) atoms. The Hall–Kier alpha value is -3.74. The maximum absolute atomic E-state index is 13.4. The second kappa shape index (κ2) is 6.16. The fourth-order valence-electron chi connectivity index (χ4n) is 5.61. The van der Waals surface area contributed by atoms with Gasteiger partial charge in [-0.1, -0.05) is 12.1 Å². The van der Waals surface area contributed by atoms with Gasteiger partial charge in [0.05, 0.1) is 11.7 Å². The Kier molecular flexibility index (Phi) is 3.44. The summed E-state index contributed by atoms with van der Waals surface area (Å²) in [6.45, 7) is 2.03. The van der Waals surface area contributed by atoms with E-state index in [-0.39, 0.29) is 11.9 Å². The number of pyridine rings is 1. The molecule has 4 aromatic rings. The van der Waals surface area contributed by atoms with Crippen molar-refractivity contribution in [2.75, 3.05) is 10.2 Å². The lowest BCUT2D eigenvalue weighted by atomic mass is 10.1. The Morgan fingerprint density at radius 2 is 2.06 bits per heavy atom. The third-order valence-corrected chi connectivity index (χ3v) is 7.49. The monoisotopic (exact) mass is 422 g/mol. The lowest BCUT2D eigenvalue weighted by Gasteiger charge is -2.28. The molecule has 3 aliphatic rings. The van der Waals surface area contributed by atoms with Gasteiger partial charge in [-0.25, -0.2) is 14.5 Å². The number of piperidine rings is 1. The van der Waals surface area contributed by atoms with Crippen LogP contribution in [0.3, 0.4) is 0 Å². The summed E-state index contributed by atoms with van der Waals surface area (Å²) >= 11 is 0. The number of amides is 1. The van der Waals surface area contributed by atoms with E-state index in [1.165, 1.54) is 6.42 Å². The van der Waals surface area contributed by atoms with Crippen LogP contribution in [0.1, 0.15) is 18.4 Å². The molecule has 7 heteroatoms. The second-order valence-electron chi connectivity index (χ2n) is 9.28. The molecule has 1 spiro atoms. The van der Waals surface area contributed by atoms with Crippen LogP contribution in [0.25, 0.3) is 16.9 Å². The number of carbonyl (C=O) groups excluding carboxylic acids is 1. The highest BCUT2D eigenvalue weighted by Gasteiger charge is 2.85. The van der Waals surface area contributed by atoms with Gasteiger partial charge in [-0.3, -0.25) is 4.79 Å². The fourth-order valence-corrected chi connectivity index (χ4v) is 5.61. The quantitative estimate of drug-likeness (QED) is 0.543. The minimum atomic E-state index is -0.189. The molecule has 1 saturated heterocycles. The van der Waals surface area contributed by atoms with E-state index in [1.54, 1.807) is 6.20 Å². The summed E-state index contributed by atoms with van der Waals surface area (Å²) in [6, 6.07) is 16.0. The van der Waals surface area contributed by atoms with Crippen LogP contribution in [0.2, 0.25) is 0 Å². The van der Waals surface area contributed by atoms with Gasteiger partial charge in [-0.2, -0.15) is 0 Å². The average Bonchev–Trinajstić information content (AvgIpc) is 3.54. The van der Waals surface area contributed by atoms with Gasteiger partial charge in [0.25, 0.3) is 0 Å². The van der Waals surface area contributed by atoms with Crippen LogP contribution in [0.15, 0.2) is 67.1 Å². The molecule has 1 N–H and O–H groups in total. The fraction of sp³-hybridized carbons (Fsp3) is 0.280. The largest absolute Gasteiger partial charge is 0.341 e. The van der Waals surface area contributed by atoms with E-state index >= 15 is 0 Å². The zero-order valence-corrected chi connectivity index (χ0v) is 17.6. The van der Waals surface area contributed by atoms with Crippen molar-refractivity contribution in [3.63, 3.8) is 0 Å². The van der Waals surface area contributed by atoms with Crippen molar-refractivity contribution in [3.8, 4) is 11.4 Å². The van der Waals surface area contributed by atoms with Crippen molar-refractivity contribution in [1.82, 2.24) is 19.6 Å². The summed E-state index contributed by atoms with van der Waals surface area (Å²) in [7, 11) is 0. The van der Waals surface area contributed by atoms with E-state index in [4.69, 9.17) is 0 Å². The highest BCUT2D eigenvalue weighted by atomic mass is 16.2. The number of benzene rings is 1. The number of aromatic nitrogens is 4. The number of rotatable bonds is 4. The molecular weight excluding hydrogens is 400 g/mol. The predicted molar refractivity (Wildman–Crippen MR) is 121 cm³/mol. The molecular formula is C25H22N6O. The molecule has 4 atom stereocenters. The maximum Gasteiger partial charge on any atom is 0.247 e. The second-order valence-corrected chi connectivity index (χ2v) is 9.28. The highest BCUT2D eigenvalue weighted by molar-refractivity contribution is 5.98. The Labute approximate surface area is 185 Å². The van der Waals surface area contributed by atoms with Crippen LogP contribution >= 0.6 is 0 Å². The van der Waals surface area contributed by atoms with Crippen molar-refractivity contribution in [2.24, 2.45) is 11.3 Å². The molecule has 1 aliphatic heterocycles. The van der Waals surface area contributed by atoms with Gasteiger partial charge in [-0.15, -0.1) is 5.10 Å². The third-order valence-electron chi connectivity index (χ3n) is 7.49. The minimum absolute atomic E-state index is 0.0273. The predicted octanol–water partition coefficient (Wildman–Crippen LogP) is 3.71. The molecule has 3 aromatic heterocycles. The Morgan fingerprint density at radius 3 is 2.91 bits per heavy atom. The zero-order chi connectivity index (χ0) is 21.4. The van der Waals surface area contributed by atoms with Crippen LogP contribution in [0, 0.1) is 18.3 Å². The summed E-state index contributed by atoms with van der Waals surface area (Å²) in [5.41, 5.74) is 4.04. The SMILES string of the molecule is Cc1ccc(NC(=O)[C@H]2CC34CC3C4N2c2ccccn2)cc1-c1ncc2cccn2n1. The first-order valence-corrected chi connectivity index (χ1v) is 11.1. The van der Waals surface area contributed by atoms with Gasteiger partial charge in [0, 0.05) is 29.7 Å². The summed E-state index contributed by atoms with van der Waals surface area (Å²) < 4.78 is 1.81. The van der Waals surface area contributed by atoms with Crippen LogP contribution < -0.4 is 10.2 Å². The smallest absolute Gasteiger partial charge is 0.247 e. The first kappa shape index (κ1) is 17.9. The lowest BCUT2D eigenvalue weighted by Crippen LogP contribution is -2.43. The van der Waals surface area contributed by atoms with Crippen LogP contribution in [0.5, 0.6) is 0 Å². The molecule has 7 nitrogen and oxygen atoms in total. The highest BCUT2D eigenvalue weighted by Crippen LogP contribution is 2.82. The van der Waals surface area contributed by atoms with Crippen molar-refractivity contribution in [1.29, 1.82) is 0 Å². The number of hydrogen-bond donors (Lipinski definition) is 1. The normalized spacial score (nSPS) is 27.2. The molecule has 7 rings (SSSR count). The van der Waals surface area contributed by atoms with E-state index in [9.17, 15) is 4.79 Å². The standard InChI is InChI=1S/C25H22N6O/c1-15-7-8-16(11-18(15)23-27-14-17-5-4-10-30(17)29-23)28-24(32)20-13-25-12-19(25)22(25)31(20)21-6-2-3-9-26-21/h2-11,14,19-20,22H,12-13H2,1H3,(H,28,32)/t19?,20-,22?,25?/m1/s1. The van der Waals surface area contributed by atoms with Crippen LogP contribution in [-0.2, 0) is 4.79 Å². The van der Waals surface area contributed by atoms with Crippen molar-refractivity contribution in [2.45, 2.75) is 31.8 Å². The van der Waals surface area contributed by atoms with E-state index in [2.05, 4.69) is 25.3 Å². The van der Waals surface area contributed by atoms with Gasteiger partial charge in [0.1, 0.15) is 11.9 Å². The van der Waals surface area contributed by atoms with E-state index in [0.29, 0.717) is 17.3 Å². The first-order chi connectivity index (χ1) is 15.6. The number of hydrogen-bond acceptors (Lipinski definition) is 5. The Balaban J connectivity index is 1.18. The van der Waals surface area contributed by atoms with Crippen LogP contribution in [0.4, 0.5) is 11.5 Å². The van der Waals surface area contributed by atoms with Crippen molar-refractivity contribution in [3.05, 3.63) is 72.7 Å². The third kappa shape index (κ3) is 2.48. The number of nitrogens with zero attached hydrogens (tertiary/aromatic N) is 5. The number of carbonyl (C=O) groups is 1. The summed E-state index contributed by atoms with van der Waals surface area (Å²) in [5, 5.41) is 7.78. The molecule has 0 radical (unpaired) electrons. The molecule has 1 amide bonds. The molecule has 158 valence electrons. The molecule has 3 unspecified atom stereocenters. The van der Waals surface area contributed by atoms with Gasteiger partial charge in [-0.05, 0) is 73.1 Å². The topological polar surface area (TPSA) is 75.4 Å². The number of nitrogens with one attached hydrogen (secondary N) is 1. The van der Waals surface area contributed by atoms with Gasteiger partial charge < -0.3 is 10.2 Å². The first-order valence-electron chi connectivity index (χ1n) is 11.1. The number of fused-ring (bicyclic) bond motifs is 2. The molecule has 4 heterocycles. The molecule has 0 bridgehead atoms. The van der Waals surface area contributed by atoms with E-state index in [0.717, 1.165) is 40.5 Å². The van der Waals surface area contributed by atoms with Gasteiger partial charge in [0.2, 0.25) is 5.91 Å². The minimum Gasteiger partial charge on any atom is -0.341 e. The van der Waals surface area contributed by atoms with Gasteiger partial charge >= 0.3 is 0 Å². The lowest BCUT2D eigenvalue weighted by molar-refractivity contribution is -0.117. The maximum atomic E-state index is 13.4. The zero-order valence-electron chi connectivity index (χ0n) is 17.6. The molecule has 3 fully saturated rings. The Morgan fingerprint density at radius 1 is 1.12 bits per heavy atom. The number of aryl methyl sites for hydroxylation is 1. The average molecular weight is 422 g/mol. The summed E-state index contributed by atoms with van der Waals surface area (Å²) in [4.78, 5) is 24.7. The Bertz CT molecular complexity index is 1380.